The van der Waals surface area contributed by atoms with Gasteiger partial charge in [0.05, 0.1) is 39.0 Å². The number of β-amino-alcohol motifs (C(OH)–C–C–N with tert-alkyl or cyclic N) is 1. The van der Waals surface area contributed by atoms with Crippen LogP contribution in [-0.4, -0.2) is 80.8 Å². The molecule has 7 rings (SSSR count). The number of likely N-dealkylation sites (tertiary alicyclic amines) is 1. The van der Waals surface area contributed by atoms with Gasteiger partial charge < -0.3 is 36.6 Å². The van der Waals surface area contributed by atoms with Crippen molar-refractivity contribution >= 4 is 79.5 Å². The number of hydrogen-bond donors (Lipinski definition) is 6. The van der Waals surface area contributed by atoms with Crippen LogP contribution < -0.4 is 26.6 Å². The van der Waals surface area contributed by atoms with Crippen molar-refractivity contribution in [2.75, 3.05) is 23.7 Å². The second kappa shape index (κ2) is 20.6. The van der Waals surface area contributed by atoms with Gasteiger partial charge in [0.2, 0.25) is 17.7 Å². The number of nitrogens with zero attached hydrogens (tertiary/aromatic N) is 3. The van der Waals surface area contributed by atoms with Gasteiger partial charge in [0.15, 0.2) is 5.82 Å². The predicted molar refractivity (Wildman–Crippen MR) is 256 cm³/mol. The summed E-state index contributed by atoms with van der Waals surface area (Å²) < 4.78 is 0.983. The Morgan fingerprint density at radius 2 is 1.63 bits per heavy atom. The molecule has 0 aliphatic carbocycles. The molecule has 0 spiro atoms. The van der Waals surface area contributed by atoms with Crippen LogP contribution >= 0.6 is 22.7 Å². The zero-order chi connectivity index (χ0) is 46.3. The molecule has 338 valence electrons. The number of benzene rings is 3. The van der Waals surface area contributed by atoms with Crippen LogP contribution in [0.25, 0.3) is 20.5 Å². The number of hydrogen-bond acceptors (Lipinski definition) is 11. The van der Waals surface area contributed by atoms with Crippen molar-refractivity contribution in [1.82, 2.24) is 30.8 Å². The van der Waals surface area contributed by atoms with Gasteiger partial charge in [-0.2, -0.15) is 0 Å². The molecule has 65 heavy (non-hydrogen) atoms. The lowest BCUT2D eigenvalue weighted by atomic mass is 9.85. The fourth-order valence-corrected chi connectivity index (χ4v) is 9.45. The Morgan fingerprint density at radius 3 is 2.37 bits per heavy atom. The van der Waals surface area contributed by atoms with Crippen LogP contribution in [0.4, 0.5) is 17.2 Å². The molecule has 14 nitrogen and oxygen atoms in total. The van der Waals surface area contributed by atoms with E-state index in [4.69, 9.17) is 0 Å². The number of para-hydroxylation sites is 1. The Bertz CT molecular complexity index is 2690. The molecule has 1 fully saturated rings. The summed E-state index contributed by atoms with van der Waals surface area (Å²) >= 11 is 3.04. The van der Waals surface area contributed by atoms with Gasteiger partial charge in [-0.15, -0.1) is 22.7 Å². The summed E-state index contributed by atoms with van der Waals surface area (Å²) in [6.07, 6.45) is 1.63. The number of aryl methyl sites for hydroxylation is 2. The van der Waals surface area contributed by atoms with Gasteiger partial charge in [0.1, 0.15) is 12.1 Å². The number of aliphatic hydroxyl groups is 1. The van der Waals surface area contributed by atoms with Gasteiger partial charge in [-0.25, -0.2) is 9.97 Å². The number of aromatic nitrogens is 2. The highest BCUT2D eigenvalue weighted by molar-refractivity contribution is 7.17. The van der Waals surface area contributed by atoms with Crippen LogP contribution in [0, 0.1) is 19.3 Å². The lowest BCUT2D eigenvalue weighted by Crippen LogP contribution is -2.57. The van der Waals surface area contributed by atoms with E-state index < -0.39 is 35.4 Å². The lowest BCUT2D eigenvalue weighted by Gasteiger charge is -2.35. The Kier molecular flexibility index (Phi) is 14.7. The first kappa shape index (κ1) is 46.5. The number of anilines is 3. The van der Waals surface area contributed by atoms with Crippen LogP contribution in [-0.2, 0) is 20.9 Å². The van der Waals surface area contributed by atoms with E-state index >= 15 is 0 Å². The summed E-state index contributed by atoms with van der Waals surface area (Å²) in [6, 6.07) is 22.9. The molecular weight excluding hydrogens is 861 g/mol. The van der Waals surface area contributed by atoms with Crippen LogP contribution in [0.2, 0.25) is 0 Å². The summed E-state index contributed by atoms with van der Waals surface area (Å²) in [5, 5.41) is 28.2. The average Bonchev–Trinajstić information content (AvgIpc) is 4.03. The first-order valence-electron chi connectivity index (χ1n) is 21.6. The number of fused-ring (bicyclic) bond motifs is 1. The smallest absolute Gasteiger partial charge is 0.257 e. The van der Waals surface area contributed by atoms with E-state index in [-0.39, 0.29) is 55.8 Å². The summed E-state index contributed by atoms with van der Waals surface area (Å²) in [5.41, 5.74) is 6.86. The third kappa shape index (κ3) is 11.4. The van der Waals surface area contributed by atoms with Crippen molar-refractivity contribution in [3.8, 4) is 10.4 Å². The number of amides is 5. The van der Waals surface area contributed by atoms with Crippen molar-refractivity contribution in [1.29, 1.82) is 0 Å². The van der Waals surface area contributed by atoms with Crippen molar-refractivity contribution in [3.05, 3.63) is 124 Å². The van der Waals surface area contributed by atoms with Crippen molar-refractivity contribution in [2.24, 2.45) is 5.41 Å². The topological polar surface area (TPSA) is 195 Å². The number of thiophene rings is 1. The fourth-order valence-electron chi connectivity index (χ4n) is 7.70. The maximum Gasteiger partial charge on any atom is 0.257 e. The number of pyridine rings is 1. The number of carbonyl (C=O) groups is 5. The minimum absolute atomic E-state index is 0.0247. The Labute approximate surface area is 386 Å². The number of nitrogens with one attached hydrogen (secondary N) is 5. The normalized spacial score (nSPS) is 15.3. The van der Waals surface area contributed by atoms with Crippen LogP contribution in [0.3, 0.4) is 0 Å². The van der Waals surface area contributed by atoms with E-state index in [9.17, 15) is 29.1 Å². The zero-order valence-electron chi connectivity index (χ0n) is 37.1. The number of thiazole rings is 1. The van der Waals surface area contributed by atoms with Crippen LogP contribution in [0.1, 0.15) is 84.0 Å². The molecule has 1 aliphatic heterocycles. The zero-order valence-corrected chi connectivity index (χ0v) is 38.7. The van der Waals surface area contributed by atoms with E-state index in [1.807, 2.05) is 118 Å². The van der Waals surface area contributed by atoms with Crippen LogP contribution in [0.15, 0.2) is 96.0 Å². The van der Waals surface area contributed by atoms with Gasteiger partial charge >= 0.3 is 0 Å². The molecule has 0 bridgehead atoms. The van der Waals surface area contributed by atoms with Gasteiger partial charge in [-0.3, -0.25) is 24.0 Å². The first-order chi connectivity index (χ1) is 31.2. The van der Waals surface area contributed by atoms with Gasteiger partial charge in [0, 0.05) is 59.8 Å². The number of aliphatic hydroxyl groups excluding tert-OH is 1. The third-order valence-corrected chi connectivity index (χ3v) is 13.3. The Morgan fingerprint density at radius 1 is 0.877 bits per heavy atom. The summed E-state index contributed by atoms with van der Waals surface area (Å²) in [4.78, 5) is 79.2. The molecule has 3 aromatic carbocycles. The fraction of sp³-hybridized carbons (Fsp3) is 0.327. The summed E-state index contributed by atoms with van der Waals surface area (Å²) in [5.74, 6) is -1.51. The highest BCUT2D eigenvalue weighted by atomic mass is 32.1. The largest absolute Gasteiger partial charge is 0.391 e. The highest BCUT2D eigenvalue weighted by Crippen LogP contribution is 2.31. The standard InChI is InChI=1S/C49H54N8O6S2/c1-29-12-6-8-14-37(29)54-44-38(55-46(61)36-27-64-40-15-9-7-13-35(36)40)22-33(25-51-44)45(60)50-21-11-10-16-41(59)56-43(49(3,4)5)48(63)57-26-34(58)23-39(57)47(62)52-24-31-17-19-32(20-18-31)42-30(2)53-28-65-42/h6-9,12-15,17-20,22,25,27-28,34,39,43,58H,10-11,16,21,23-24,26H2,1-5H3,(H,50,60)(H,51,54)(H,52,62)(H,55,61)(H,56,59)/t34-,39+,43-/m1/s1. The maximum absolute atomic E-state index is 14.1. The molecule has 0 saturated carbocycles. The molecule has 4 heterocycles. The minimum Gasteiger partial charge on any atom is -0.391 e. The van der Waals surface area contributed by atoms with Crippen LogP contribution in [0.5, 0.6) is 0 Å². The van der Waals surface area contributed by atoms with Crippen molar-refractivity contribution in [2.45, 2.75) is 85.0 Å². The quantitative estimate of drug-likeness (QED) is 0.0527. The second-order valence-electron chi connectivity index (χ2n) is 17.3. The first-order valence-corrected chi connectivity index (χ1v) is 23.4. The van der Waals surface area contributed by atoms with E-state index in [1.54, 1.807) is 17.4 Å². The number of rotatable bonds is 16. The highest BCUT2D eigenvalue weighted by Gasteiger charge is 2.44. The van der Waals surface area contributed by atoms with Crippen molar-refractivity contribution < 1.29 is 29.1 Å². The molecule has 0 unspecified atom stereocenters. The number of unbranched alkanes of at least 4 members (excludes halogenated alkanes) is 1. The summed E-state index contributed by atoms with van der Waals surface area (Å²) in [7, 11) is 0. The molecular formula is C49H54N8O6S2. The van der Waals surface area contributed by atoms with E-state index in [1.165, 1.54) is 22.4 Å². The SMILES string of the molecule is Cc1ccccc1Nc1ncc(C(=O)NCCCCC(=O)N[C@H](C(=O)N2C[C@H](O)C[C@H]2C(=O)NCc2ccc(-c3scnc3C)cc2)C(C)(C)C)cc1NC(=O)c1csc2ccccc12. The molecule has 1 saturated heterocycles. The molecule has 3 atom stereocenters. The van der Waals surface area contributed by atoms with E-state index in [0.717, 1.165) is 43.0 Å². The second-order valence-corrected chi connectivity index (χ2v) is 19.1. The Hall–Kier alpha value is -6.49. The maximum atomic E-state index is 14.1. The van der Waals surface area contributed by atoms with E-state index in [2.05, 4.69) is 36.6 Å². The van der Waals surface area contributed by atoms with Gasteiger partial charge in [0.25, 0.3) is 11.8 Å². The summed E-state index contributed by atoms with van der Waals surface area (Å²) in [6.45, 7) is 9.92. The average molecular weight is 915 g/mol. The third-order valence-electron chi connectivity index (χ3n) is 11.3. The van der Waals surface area contributed by atoms with E-state index in [0.29, 0.717) is 29.9 Å². The predicted octanol–water partition coefficient (Wildman–Crippen LogP) is 7.74. The molecule has 6 aromatic rings. The van der Waals surface area contributed by atoms with Gasteiger partial charge in [-0.05, 0) is 67.0 Å². The molecule has 1 aliphatic rings. The number of carbonyl (C=O) groups excluding carboxylic acids is 5. The lowest BCUT2D eigenvalue weighted by molar-refractivity contribution is -0.144. The molecule has 16 heteroatoms. The molecule has 5 amide bonds. The molecule has 3 aromatic heterocycles. The minimum atomic E-state index is -0.957. The molecule has 6 N–H and O–H groups in total. The van der Waals surface area contributed by atoms with Crippen molar-refractivity contribution in [3.63, 3.8) is 0 Å². The Balaban J connectivity index is 0.917. The monoisotopic (exact) mass is 914 g/mol. The van der Waals surface area contributed by atoms with Gasteiger partial charge in [-0.1, -0.05) is 81.4 Å². The molecule has 0 radical (unpaired) electrons.